The second-order valence-corrected chi connectivity index (χ2v) is 5.84. The van der Waals surface area contributed by atoms with E-state index >= 15 is 0 Å². The van der Waals surface area contributed by atoms with Crippen molar-refractivity contribution in [1.29, 1.82) is 0 Å². The molecule has 1 aliphatic rings. The Kier molecular flexibility index (Phi) is 7.39. The summed E-state index contributed by atoms with van der Waals surface area (Å²) in [5.74, 6) is 0. The van der Waals surface area contributed by atoms with E-state index in [1.165, 1.54) is 5.56 Å². The molecule has 0 unspecified atom stereocenters. The van der Waals surface area contributed by atoms with Crippen molar-refractivity contribution in [2.45, 2.75) is 44.9 Å². The summed E-state index contributed by atoms with van der Waals surface area (Å²) in [5, 5.41) is 5.57. The van der Waals surface area contributed by atoms with E-state index in [1.54, 1.807) is 0 Å². The monoisotopic (exact) mass is 342 g/mol. The van der Waals surface area contributed by atoms with Crippen LogP contribution < -0.4 is 10.6 Å². The molecule has 2 amide bonds. The lowest BCUT2D eigenvalue weighted by molar-refractivity contribution is -0.128. The maximum atomic E-state index is 12.0. The number of hydrogen-bond donors (Lipinski definition) is 2. The SMILES string of the molecule is Cc1ccc([C@H]2OCCC[C@@H]2NC(=O)NCCCOC(F)F)cc1. The topological polar surface area (TPSA) is 59.6 Å². The van der Waals surface area contributed by atoms with Crippen LogP contribution in [0.15, 0.2) is 24.3 Å². The molecule has 0 saturated carbocycles. The average Bonchev–Trinajstić information content (AvgIpc) is 2.55. The summed E-state index contributed by atoms with van der Waals surface area (Å²) in [6.45, 7) is 0.113. The molecular weight excluding hydrogens is 318 g/mol. The van der Waals surface area contributed by atoms with E-state index in [-0.39, 0.29) is 31.3 Å². The van der Waals surface area contributed by atoms with Gasteiger partial charge in [-0.25, -0.2) is 4.79 Å². The van der Waals surface area contributed by atoms with E-state index in [2.05, 4.69) is 15.4 Å². The van der Waals surface area contributed by atoms with Crippen LogP contribution in [0.25, 0.3) is 0 Å². The molecule has 0 spiro atoms. The number of nitrogens with one attached hydrogen (secondary N) is 2. The Morgan fingerprint density at radius 2 is 2.12 bits per heavy atom. The van der Waals surface area contributed by atoms with Crippen LogP contribution in [0.1, 0.15) is 36.5 Å². The number of halogens is 2. The zero-order valence-electron chi connectivity index (χ0n) is 13.8. The van der Waals surface area contributed by atoms with Gasteiger partial charge in [0.05, 0.1) is 12.6 Å². The molecule has 1 fully saturated rings. The maximum absolute atomic E-state index is 12.0. The highest BCUT2D eigenvalue weighted by Crippen LogP contribution is 2.28. The van der Waals surface area contributed by atoms with Crippen molar-refractivity contribution in [3.8, 4) is 0 Å². The number of hydrogen-bond acceptors (Lipinski definition) is 3. The minimum Gasteiger partial charge on any atom is -0.371 e. The second kappa shape index (κ2) is 9.54. The number of ether oxygens (including phenoxy) is 2. The second-order valence-electron chi connectivity index (χ2n) is 5.84. The van der Waals surface area contributed by atoms with E-state index in [1.807, 2.05) is 31.2 Å². The Morgan fingerprint density at radius 3 is 2.83 bits per heavy atom. The zero-order chi connectivity index (χ0) is 17.4. The highest BCUT2D eigenvalue weighted by atomic mass is 19.3. The molecule has 7 heteroatoms. The molecular formula is C17H24F2N2O3. The molecule has 1 aromatic rings. The largest absolute Gasteiger partial charge is 0.371 e. The van der Waals surface area contributed by atoms with Gasteiger partial charge in [0.15, 0.2) is 0 Å². The van der Waals surface area contributed by atoms with E-state index in [4.69, 9.17) is 4.74 Å². The smallest absolute Gasteiger partial charge is 0.345 e. The van der Waals surface area contributed by atoms with Gasteiger partial charge in [0.1, 0.15) is 6.10 Å². The molecule has 0 aliphatic carbocycles. The average molecular weight is 342 g/mol. The van der Waals surface area contributed by atoms with Gasteiger partial charge in [-0.05, 0) is 31.7 Å². The molecule has 0 aromatic heterocycles. The van der Waals surface area contributed by atoms with Gasteiger partial charge in [0, 0.05) is 13.2 Å². The zero-order valence-corrected chi connectivity index (χ0v) is 13.8. The Balaban J connectivity index is 1.80. The van der Waals surface area contributed by atoms with Crippen molar-refractivity contribution < 1.29 is 23.0 Å². The summed E-state index contributed by atoms with van der Waals surface area (Å²) < 4.78 is 33.6. The third-order valence-electron chi connectivity index (χ3n) is 3.90. The maximum Gasteiger partial charge on any atom is 0.345 e. The van der Waals surface area contributed by atoms with Crippen LogP contribution in [0.2, 0.25) is 0 Å². The van der Waals surface area contributed by atoms with Crippen molar-refractivity contribution in [3.05, 3.63) is 35.4 Å². The van der Waals surface area contributed by atoms with Crippen molar-refractivity contribution in [3.63, 3.8) is 0 Å². The standard InChI is InChI=1S/C17H24F2N2O3/c1-12-5-7-13(8-6-12)15-14(4-2-10-23-15)21-17(22)20-9-3-11-24-16(18)19/h5-8,14-16H,2-4,9-11H2,1H3,(H2,20,21,22)/t14-,15+/m0/s1. The minimum atomic E-state index is -2.77. The third-order valence-corrected chi connectivity index (χ3v) is 3.90. The molecule has 134 valence electrons. The van der Waals surface area contributed by atoms with Crippen LogP contribution in [-0.4, -0.2) is 38.4 Å². The lowest BCUT2D eigenvalue weighted by Crippen LogP contribution is -2.47. The van der Waals surface area contributed by atoms with Gasteiger partial charge in [-0.2, -0.15) is 8.78 Å². The Hall–Kier alpha value is -1.73. The summed E-state index contributed by atoms with van der Waals surface area (Å²) in [5.41, 5.74) is 2.21. The number of carbonyl (C=O) groups is 1. The number of rotatable bonds is 7. The fourth-order valence-electron chi connectivity index (χ4n) is 2.68. The summed E-state index contributed by atoms with van der Waals surface area (Å²) in [6, 6.07) is 7.64. The van der Waals surface area contributed by atoms with Gasteiger partial charge in [0.2, 0.25) is 0 Å². The molecule has 1 aliphatic heterocycles. The lowest BCUT2D eigenvalue weighted by Gasteiger charge is -2.32. The van der Waals surface area contributed by atoms with Crippen LogP contribution in [-0.2, 0) is 9.47 Å². The van der Waals surface area contributed by atoms with Crippen molar-refractivity contribution in [2.24, 2.45) is 0 Å². The first-order valence-corrected chi connectivity index (χ1v) is 8.18. The highest BCUT2D eigenvalue weighted by Gasteiger charge is 2.28. The molecule has 2 rings (SSSR count). The Morgan fingerprint density at radius 1 is 1.38 bits per heavy atom. The van der Waals surface area contributed by atoms with Crippen LogP contribution in [0.3, 0.4) is 0 Å². The number of carbonyl (C=O) groups excluding carboxylic acids is 1. The number of amides is 2. The van der Waals surface area contributed by atoms with E-state index in [0.29, 0.717) is 13.0 Å². The fraction of sp³-hybridized carbons (Fsp3) is 0.588. The molecule has 2 atom stereocenters. The minimum absolute atomic E-state index is 0.0868. The van der Waals surface area contributed by atoms with Gasteiger partial charge in [0.25, 0.3) is 0 Å². The Labute approximate surface area is 140 Å². The van der Waals surface area contributed by atoms with E-state index in [9.17, 15) is 13.6 Å². The van der Waals surface area contributed by atoms with Crippen molar-refractivity contribution in [1.82, 2.24) is 10.6 Å². The lowest BCUT2D eigenvalue weighted by atomic mass is 9.95. The summed E-state index contributed by atoms with van der Waals surface area (Å²) >= 11 is 0. The first-order valence-electron chi connectivity index (χ1n) is 8.18. The number of benzene rings is 1. The summed E-state index contributed by atoms with van der Waals surface area (Å²) in [7, 11) is 0. The predicted octanol–water partition coefficient (Wildman–Crippen LogP) is 3.14. The van der Waals surface area contributed by atoms with Crippen molar-refractivity contribution in [2.75, 3.05) is 19.8 Å². The molecule has 0 bridgehead atoms. The summed E-state index contributed by atoms with van der Waals surface area (Å²) in [6.07, 6.45) is 1.88. The van der Waals surface area contributed by atoms with Gasteiger partial charge in [-0.15, -0.1) is 0 Å². The third kappa shape index (κ3) is 6.05. The number of alkyl halides is 2. The van der Waals surface area contributed by atoms with Crippen LogP contribution in [0, 0.1) is 6.92 Å². The van der Waals surface area contributed by atoms with Crippen LogP contribution in [0.5, 0.6) is 0 Å². The highest BCUT2D eigenvalue weighted by molar-refractivity contribution is 5.74. The van der Waals surface area contributed by atoms with Gasteiger partial charge >= 0.3 is 12.6 Å². The number of urea groups is 1. The van der Waals surface area contributed by atoms with Crippen LogP contribution in [0.4, 0.5) is 13.6 Å². The van der Waals surface area contributed by atoms with Gasteiger partial charge in [-0.1, -0.05) is 29.8 Å². The van der Waals surface area contributed by atoms with Crippen molar-refractivity contribution >= 4 is 6.03 Å². The molecule has 1 aromatic carbocycles. The summed E-state index contributed by atoms with van der Waals surface area (Å²) in [4.78, 5) is 12.0. The molecule has 1 saturated heterocycles. The fourth-order valence-corrected chi connectivity index (χ4v) is 2.68. The molecule has 0 radical (unpaired) electrons. The molecule has 2 N–H and O–H groups in total. The Bertz CT molecular complexity index is 511. The molecule has 24 heavy (non-hydrogen) atoms. The van der Waals surface area contributed by atoms with E-state index < -0.39 is 6.61 Å². The van der Waals surface area contributed by atoms with Gasteiger partial charge < -0.3 is 20.1 Å². The normalized spacial score (nSPS) is 20.8. The predicted molar refractivity (Wildman–Crippen MR) is 86.0 cm³/mol. The van der Waals surface area contributed by atoms with E-state index in [0.717, 1.165) is 18.4 Å². The number of aryl methyl sites for hydroxylation is 1. The molecule has 5 nitrogen and oxygen atoms in total. The first kappa shape index (κ1) is 18.6. The molecule has 1 heterocycles. The van der Waals surface area contributed by atoms with Crippen LogP contribution >= 0.6 is 0 Å². The quantitative estimate of drug-likeness (QED) is 0.749. The van der Waals surface area contributed by atoms with Gasteiger partial charge in [-0.3, -0.25) is 0 Å². The first-order chi connectivity index (χ1) is 11.6.